The van der Waals surface area contributed by atoms with Crippen LogP contribution in [0, 0.1) is 5.92 Å². The van der Waals surface area contributed by atoms with Crippen molar-refractivity contribution in [1.29, 1.82) is 0 Å². The van der Waals surface area contributed by atoms with E-state index < -0.39 is 6.03 Å². The Bertz CT molecular complexity index is 185. The lowest BCUT2D eigenvalue weighted by atomic mass is 9.98. The highest BCUT2D eigenvalue weighted by Crippen LogP contribution is 2.15. The maximum Gasteiger partial charge on any atom is 0.314 e. The standard InChI is InChI=1S/C7H13N3O2/c8-6(11)5-2-1-3-10(4-5)7(9)12/h5H,1-4H2,(H2,8,11)(H2,9,12)/t5-/m1/s1. The van der Waals surface area contributed by atoms with Crippen molar-refractivity contribution in [1.82, 2.24) is 4.90 Å². The van der Waals surface area contributed by atoms with Crippen molar-refractivity contribution in [2.75, 3.05) is 13.1 Å². The largest absolute Gasteiger partial charge is 0.369 e. The molecule has 0 aromatic carbocycles. The van der Waals surface area contributed by atoms with Gasteiger partial charge in [-0.05, 0) is 12.8 Å². The van der Waals surface area contributed by atoms with Gasteiger partial charge in [0.05, 0.1) is 5.92 Å². The molecule has 0 aliphatic carbocycles. The van der Waals surface area contributed by atoms with Gasteiger partial charge in [-0.15, -0.1) is 0 Å². The normalized spacial score (nSPS) is 23.7. The highest BCUT2D eigenvalue weighted by molar-refractivity contribution is 5.78. The Labute approximate surface area is 70.7 Å². The number of primary amides is 2. The number of carbonyl (C=O) groups excluding carboxylic acids is 2. The van der Waals surface area contributed by atoms with E-state index in [2.05, 4.69) is 0 Å². The van der Waals surface area contributed by atoms with Crippen LogP contribution in [-0.2, 0) is 4.79 Å². The van der Waals surface area contributed by atoms with Gasteiger partial charge in [0.15, 0.2) is 0 Å². The molecule has 0 aromatic heterocycles. The molecule has 0 radical (unpaired) electrons. The summed E-state index contributed by atoms with van der Waals surface area (Å²) in [5, 5.41) is 0. The number of rotatable bonds is 1. The predicted octanol–water partition coefficient (Wildman–Crippen LogP) is -0.738. The van der Waals surface area contributed by atoms with E-state index in [-0.39, 0.29) is 11.8 Å². The second-order valence-electron chi connectivity index (χ2n) is 3.03. The highest BCUT2D eigenvalue weighted by atomic mass is 16.2. The monoisotopic (exact) mass is 171 g/mol. The fourth-order valence-corrected chi connectivity index (χ4v) is 1.41. The van der Waals surface area contributed by atoms with Crippen LogP contribution < -0.4 is 11.5 Å². The van der Waals surface area contributed by atoms with Crippen molar-refractivity contribution in [3.63, 3.8) is 0 Å². The van der Waals surface area contributed by atoms with Gasteiger partial charge in [0, 0.05) is 13.1 Å². The van der Waals surface area contributed by atoms with Crippen molar-refractivity contribution >= 4 is 11.9 Å². The van der Waals surface area contributed by atoms with Crippen LogP contribution in [0.1, 0.15) is 12.8 Å². The quantitative estimate of drug-likeness (QED) is 0.544. The topological polar surface area (TPSA) is 89.4 Å². The van der Waals surface area contributed by atoms with Crippen LogP contribution in [0.4, 0.5) is 4.79 Å². The molecule has 3 amide bonds. The van der Waals surface area contributed by atoms with E-state index in [1.165, 1.54) is 4.90 Å². The average molecular weight is 171 g/mol. The maximum atomic E-state index is 10.8. The summed E-state index contributed by atoms with van der Waals surface area (Å²) in [6, 6.07) is -0.471. The second-order valence-corrected chi connectivity index (χ2v) is 3.03. The molecule has 1 aliphatic heterocycles. The Morgan fingerprint density at radius 2 is 2.00 bits per heavy atom. The lowest BCUT2D eigenvalue weighted by Gasteiger charge is -2.29. The van der Waals surface area contributed by atoms with Gasteiger partial charge in [-0.2, -0.15) is 0 Å². The van der Waals surface area contributed by atoms with Crippen LogP contribution in [0.2, 0.25) is 0 Å². The first kappa shape index (κ1) is 8.83. The SMILES string of the molecule is NC(=O)[C@@H]1CCCN(C(N)=O)C1. The van der Waals surface area contributed by atoms with Crippen LogP contribution in [0.3, 0.4) is 0 Å². The zero-order chi connectivity index (χ0) is 9.14. The molecule has 12 heavy (non-hydrogen) atoms. The lowest BCUT2D eigenvalue weighted by Crippen LogP contribution is -2.46. The number of likely N-dealkylation sites (tertiary alicyclic amines) is 1. The summed E-state index contributed by atoms with van der Waals surface area (Å²) in [6.45, 7) is 1.02. The number of hydrogen-bond donors (Lipinski definition) is 2. The van der Waals surface area contributed by atoms with E-state index in [0.29, 0.717) is 13.1 Å². The fraction of sp³-hybridized carbons (Fsp3) is 0.714. The van der Waals surface area contributed by atoms with Gasteiger partial charge in [-0.25, -0.2) is 4.79 Å². The van der Waals surface area contributed by atoms with Crippen LogP contribution in [-0.4, -0.2) is 29.9 Å². The van der Waals surface area contributed by atoms with Crippen LogP contribution >= 0.6 is 0 Å². The summed E-state index contributed by atoms with van der Waals surface area (Å²) in [6.07, 6.45) is 1.57. The highest BCUT2D eigenvalue weighted by Gasteiger charge is 2.25. The molecule has 1 saturated heterocycles. The summed E-state index contributed by atoms with van der Waals surface area (Å²) in [4.78, 5) is 22.9. The zero-order valence-corrected chi connectivity index (χ0v) is 6.82. The molecule has 1 heterocycles. The maximum absolute atomic E-state index is 10.8. The van der Waals surface area contributed by atoms with Gasteiger partial charge in [-0.1, -0.05) is 0 Å². The second kappa shape index (κ2) is 3.42. The van der Waals surface area contributed by atoms with Gasteiger partial charge in [0.1, 0.15) is 0 Å². The summed E-state index contributed by atoms with van der Waals surface area (Å²) in [5.74, 6) is -0.563. The van der Waals surface area contributed by atoms with Crippen molar-refractivity contribution < 1.29 is 9.59 Å². The fourth-order valence-electron chi connectivity index (χ4n) is 1.41. The predicted molar refractivity (Wildman–Crippen MR) is 43.1 cm³/mol. The van der Waals surface area contributed by atoms with Crippen LogP contribution in [0.5, 0.6) is 0 Å². The third-order valence-corrected chi connectivity index (χ3v) is 2.14. The number of nitrogens with two attached hydrogens (primary N) is 2. The molecule has 1 rings (SSSR count). The first-order valence-corrected chi connectivity index (χ1v) is 3.95. The molecule has 5 nitrogen and oxygen atoms in total. The van der Waals surface area contributed by atoms with Crippen molar-refractivity contribution in [2.24, 2.45) is 17.4 Å². The molecule has 0 unspecified atom stereocenters. The molecule has 0 spiro atoms. The number of amides is 3. The molecule has 1 aliphatic rings. The first-order valence-electron chi connectivity index (χ1n) is 3.95. The third kappa shape index (κ3) is 1.87. The van der Waals surface area contributed by atoms with Crippen molar-refractivity contribution in [3.05, 3.63) is 0 Å². The van der Waals surface area contributed by atoms with E-state index in [4.69, 9.17) is 11.5 Å². The Kier molecular flexibility index (Phi) is 2.52. The molecule has 5 heteroatoms. The first-order chi connectivity index (χ1) is 5.61. The molecular weight excluding hydrogens is 158 g/mol. The van der Waals surface area contributed by atoms with Gasteiger partial charge in [0.25, 0.3) is 0 Å². The Morgan fingerprint density at radius 3 is 2.50 bits per heavy atom. The number of piperidine rings is 1. The minimum Gasteiger partial charge on any atom is -0.369 e. The van der Waals surface area contributed by atoms with E-state index in [0.717, 1.165) is 12.8 Å². The number of hydrogen-bond acceptors (Lipinski definition) is 2. The minimum atomic E-state index is -0.471. The Hall–Kier alpha value is -1.26. The summed E-state index contributed by atoms with van der Waals surface area (Å²) >= 11 is 0. The molecule has 0 bridgehead atoms. The lowest BCUT2D eigenvalue weighted by molar-refractivity contribution is -0.123. The molecule has 0 saturated carbocycles. The Balaban J connectivity index is 2.51. The number of urea groups is 1. The molecule has 68 valence electrons. The van der Waals surface area contributed by atoms with Crippen LogP contribution in [0.15, 0.2) is 0 Å². The van der Waals surface area contributed by atoms with Gasteiger partial charge >= 0.3 is 6.03 Å². The van der Waals surface area contributed by atoms with Gasteiger partial charge < -0.3 is 16.4 Å². The minimum absolute atomic E-state index is 0.216. The third-order valence-electron chi connectivity index (χ3n) is 2.14. The molecule has 1 fully saturated rings. The molecule has 4 N–H and O–H groups in total. The Morgan fingerprint density at radius 1 is 1.33 bits per heavy atom. The summed E-state index contributed by atoms with van der Waals surface area (Å²) < 4.78 is 0. The summed E-state index contributed by atoms with van der Waals surface area (Å²) in [7, 11) is 0. The number of carbonyl (C=O) groups is 2. The van der Waals surface area contributed by atoms with E-state index >= 15 is 0 Å². The number of nitrogens with zero attached hydrogens (tertiary/aromatic N) is 1. The molecule has 1 atom stereocenters. The molecular formula is C7H13N3O2. The van der Waals surface area contributed by atoms with Crippen LogP contribution in [0.25, 0.3) is 0 Å². The van der Waals surface area contributed by atoms with Crippen molar-refractivity contribution in [3.8, 4) is 0 Å². The van der Waals surface area contributed by atoms with E-state index in [9.17, 15) is 9.59 Å². The molecule has 0 aromatic rings. The van der Waals surface area contributed by atoms with Gasteiger partial charge in [-0.3, -0.25) is 4.79 Å². The smallest absolute Gasteiger partial charge is 0.314 e. The zero-order valence-electron chi connectivity index (χ0n) is 6.82. The van der Waals surface area contributed by atoms with E-state index in [1.54, 1.807) is 0 Å². The summed E-state index contributed by atoms with van der Waals surface area (Å²) in [5.41, 5.74) is 10.2. The average Bonchev–Trinajstić information content (AvgIpc) is 2.04. The van der Waals surface area contributed by atoms with E-state index in [1.807, 2.05) is 0 Å². The van der Waals surface area contributed by atoms with Gasteiger partial charge in [0.2, 0.25) is 5.91 Å². The van der Waals surface area contributed by atoms with Crippen molar-refractivity contribution in [2.45, 2.75) is 12.8 Å².